The molecule has 0 radical (unpaired) electrons. The summed E-state index contributed by atoms with van der Waals surface area (Å²) in [5, 5.41) is 2.59. The summed E-state index contributed by atoms with van der Waals surface area (Å²) in [5.41, 5.74) is 0.791. The lowest BCUT2D eigenvalue weighted by Gasteiger charge is -2.26. The highest BCUT2D eigenvalue weighted by Gasteiger charge is 2.36. The van der Waals surface area contributed by atoms with E-state index in [4.69, 9.17) is 21.1 Å². The number of rotatable bonds is 6. The summed E-state index contributed by atoms with van der Waals surface area (Å²) in [6, 6.07) is 14.6. The summed E-state index contributed by atoms with van der Waals surface area (Å²) >= 11 is 9.29. The lowest BCUT2D eigenvalue weighted by molar-refractivity contribution is -0.122. The first-order valence-electron chi connectivity index (χ1n) is 10.2. The van der Waals surface area contributed by atoms with Gasteiger partial charge in [0, 0.05) is 10.6 Å². The van der Waals surface area contributed by atoms with Gasteiger partial charge in [0.25, 0.3) is 11.8 Å². The van der Waals surface area contributed by atoms with Crippen LogP contribution in [0.4, 0.5) is 14.9 Å². The number of amides is 4. The fraction of sp³-hybridized carbons (Fsp3) is 0.0800. The Hall–Kier alpha value is -3.69. The molecule has 0 atom stereocenters. The summed E-state index contributed by atoms with van der Waals surface area (Å²) in [5.74, 6) is -1.42. The minimum Gasteiger partial charge on any atom is -0.493 e. The van der Waals surface area contributed by atoms with Crippen molar-refractivity contribution in [1.29, 1.82) is 0 Å². The lowest BCUT2D eigenvalue weighted by atomic mass is 10.1. The van der Waals surface area contributed by atoms with Crippen LogP contribution in [0, 0.1) is 5.82 Å². The molecule has 1 heterocycles. The number of imide groups is 2. The third-order valence-electron chi connectivity index (χ3n) is 5.08. The Morgan fingerprint density at radius 2 is 1.80 bits per heavy atom. The maximum atomic E-state index is 13.9. The van der Waals surface area contributed by atoms with Crippen LogP contribution >= 0.6 is 27.5 Å². The number of urea groups is 1. The fourth-order valence-corrected chi connectivity index (χ4v) is 4.08. The van der Waals surface area contributed by atoms with Gasteiger partial charge in [-0.25, -0.2) is 14.1 Å². The topological polar surface area (TPSA) is 84.9 Å². The lowest BCUT2D eigenvalue weighted by Crippen LogP contribution is -2.54. The normalized spacial score (nSPS) is 14.8. The molecule has 0 bridgehead atoms. The Kier molecular flexibility index (Phi) is 7.18. The average Bonchev–Trinajstić information content (AvgIpc) is 2.83. The van der Waals surface area contributed by atoms with Crippen LogP contribution in [0.5, 0.6) is 11.5 Å². The zero-order valence-corrected chi connectivity index (χ0v) is 20.5. The molecule has 1 fully saturated rings. The third-order valence-corrected chi connectivity index (χ3v) is 5.92. The predicted molar refractivity (Wildman–Crippen MR) is 132 cm³/mol. The Morgan fingerprint density at radius 3 is 2.49 bits per heavy atom. The number of nitrogens with one attached hydrogen (secondary N) is 1. The second-order valence-corrected chi connectivity index (χ2v) is 8.64. The van der Waals surface area contributed by atoms with Gasteiger partial charge >= 0.3 is 6.03 Å². The van der Waals surface area contributed by atoms with Gasteiger partial charge in [-0.15, -0.1) is 0 Å². The molecule has 1 aliphatic heterocycles. The zero-order valence-electron chi connectivity index (χ0n) is 18.2. The standard InChI is InChI=1S/C25H17BrClFN2O5/c1-34-21-12-14(11-19(26)22(21)35-13-15-4-2-3-5-20(15)28)10-18-23(31)29-25(33)30(24(18)32)17-8-6-16(27)7-9-17/h2-12H,13H2,1H3,(H,29,31,33)/b18-10-. The first-order valence-corrected chi connectivity index (χ1v) is 11.4. The monoisotopic (exact) mass is 558 g/mol. The van der Waals surface area contributed by atoms with Crippen LogP contribution < -0.4 is 19.7 Å². The molecule has 0 aliphatic carbocycles. The van der Waals surface area contributed by atoms with E-state index in [1.54, 1.807) is 30.3 Å². The number of nitrogens with zero attached hydrogens (tertiary/aromatic N) is 1. The van der Waals surface area contributed by atoms with Gasteiger partial charge in [0.05, 0.1) is 17.3 Å². The van der Waals surface area contributed by atoms with E-state index in [0.29, 0.717) is 26.4 Å². The molecule has 0 aromatic heterocycles. The molecule has 1 N–H and O–H groups in total. The maximum absolute atomic E-state index is 13.9. The highest BCUT2D eigenvalue weighted by atomic mass is 79.9. The second kappa shape index (κ2) is 10.3. The summed E-state index contributed by atoms with van der Waals surface area (Å²) in [6.07, 6.45) is 1.33. The van der Waals surface area contributed by atoms with Gasteiger partial charge in [0.2, 0.25) is 0 Å². The third kappa shape index (κ3) is 5.21. The Morgan fingerprint density at radius 1 is 1.09 bits per heavy atom. The zero-order chi connectivity index (χ0) is 25.1. The minimum atomic E-state index is -0.866. The van der Waals surface area contributed by atoms with Gasteiger partial charge in [0.15, 0.2) is 11.5 Å². The van der Waals surface area contributed by atoms with Crippen LogP contribution in [-0.2, 0) is 16.2 Å². The van der Waals surface area contributed by atoms with Gasteiger partial charge < -0.3 is 9.47 Å². The number of methoxy groups -OCH3 is 1. The van der Waals surface area contributed by atoms with E-state index in [1.807, 2.05) is 0 Å². The average molecular weight is 560 g/mol. The summed E-state index contributed by atoms with van der Waals surface area (Å²) < 4.78 is 25.6. The van der Waals surface area contributed by atoms with E-state index < -0.39 is 23.7 Å². The van der Waals surface area contributed by atoms with Crippen LogP contribution in [0.3, 0.4) is 0 Å². The van der Waals surface area contributed by atoms with E-state index in [0.717, 1.165) is 4.90 Å². The van der Waals surface area contributed by atoms with Crippen molar-refractivity contribution in [2.75, 3.05) is 12.0 Å². The number of anilines is 1. The fourth-order valence-electron chi connectivity index (χ4n) is 3.38. The van der Waals surface area contributed by atoms with Crippen molar-refractivity contribution in [2.45, 2.75) is 6.61 Å². The summed E-state index contributed by atoms with van der Waals surface area (Å²) in [6.45, 7) is -0.0406. The van der Waals surface area contributed by atoms with Crippen LogP contribution in [0.1, 0.15) is 11.1 Å². The molecule has 4 amide bonds. The molecule has 7 nitrogen and oxygen atoms in total. The van der Waals surface area contributed by atoms with E-state index in [-0.39, 0.29) is 23.6 Å². The van der Waals surface area contributed by atoms with Crippen LogP contribution in [0.15, 0.2) is 70.7 Å². The van der Waals surface area contributed by atoms with Gasteiger partial charge in [-0.3, -0.25) is 14.9 Å². The van der Waals surface area contributed by atoms with Crippen LogP contribution in [-0.4, -0.2) is 25.0 Å². The number of carbonyl (C=O) groups is 3. The summed E-state index contributed by atoms with van der Waals surface area (Å²) in [7, 11) is 1.42. The Labute approximate surface area is 213 Å². The molecule has 0 unspecified atom stereocenters. The number of halogens is 3. The maximum Gasteiger partial charge on any atom is 0.335 e. The highest BCUT2D eigenvalue weighted by molar-refractivity contribution is 9.10. The second-order valence-electron chi connectivity index (χ2n) is 7.35. The molecule has 0 saturated carbocycles. The quantitative estimate of drug-likeness (QED) is 0.319. The Balaban J connectivity index is 1.64. The number of benzene rings is 3. The minimum absolute atomic E-state index is 0.0406. The van der Waals surface area contributed by atoms with E-state index in [2.05, 4.69) is 21.2 Å². The van der Waals surface area contributed by atoms with Crippen molar-refractivity contribution in [3.63, 3.8) is 0 Å². The largest absolute Gasteiger partial charge is 0.493 e. The molecule has 4 rings (SSSR count). The molecular weight excluding hydrogens is 543 g/mol. The molecule has 178 valence electrons. The van der Waals surface area contributed by atoms with Crippen molar-refractivity contribution in [2.24, 2.45) is 0 Å². The molecule has 0 spiro atoms. The highest BCUT2D eigenvalue weighted by Crippen LogP contribution is 2.38. The smallest absolute Gasteiger partial charge is 0.335 e. The Bertz CT molecular complexity index is 1360. The van der Waals surface area contributed by atoms with E-state index >= 15 is 0 Å². The molecule has 1 aliphatic rings. The van der Waals surface area contributed by atoms with Crippen LogP contribution in [0.25, 0.3) is 6.08 Å². The van der Waals surface area contributed by atoms with Crippen molar-refractivity contribution >= 4 is 57.1 Å². The first-order chi connectivity index (χ1) is 16.8. The van der Waals surface area contributed by atoms with Gasteiger partial charge in [0.1, 0.15) is 18.0 Å². The molecule has 3 aromatic rings. The first kappa shape index (κ1) is 24.4. The SMILES string of the molecule is COc1cc(/C=C2/C(=O)NC(=O)N(c3ccc(Cl)cc3)C2=O)cc(Br)c1OCc1ccccc1F. The predicted octanol–water partition coefficient (Wildman–Crippen LogP) is 5.50. The molecule has 1 saturated heterocycles. The van der Waals surface area contributed by atoms with E-state index in [9.17, 15) is 18.8 Å². The molecular formula is C25H17BrClFN2O5. The molecule has 35 heavy (non-hydrogen) atoms. The summed E-state index contributed by atoms with van der Waals surface area (Å²) in [4.78, 5) is 38.8. The van der Waals surface area contributed by atoms with Crippen molar-refractivity contribution in [1.82, 2.24) is 5.32 Å². The molecule has 10 heteroatoms. The molecule has 3 aromatic carbocycles. The van der Waals surface area contributed by atoms with E-state index in [1.165, 1.54) is 43.5 Å². The number of barbiturate groups is 1. The van der Waals surface area contributed by atoms with Crippen molar-refractivity contribution < 1.29 is 28.2 Å². The van der Waals surface area contributed by atoms with Crippen LogP contribution in [0.2, 0.25) is 5.02 Å². The number of hydrogen-bond donors (Lipinski definition) is 1. The van der Waals surface area contributed by atoms with Crippen molar-refractivity contribution in [3.05, 3.63) is 92.7 Å². The number of carbonyl (C=O) groups excluding carboxylic acids is 3. The van der Waals surface area contributed by atoms with Crippen molar-refractivity contribution in [3.8, 4) is 11.5 Å². The number of hydrogen-bond acceptors (Lipinski definition) is 5. The van der Waals surface area contributed by atoms with Gasteiger partial charge in [-0.1, -0.05) is 29.8 Å². The van der Waals surface area contributed by atoms with Gasteiger partial charge in [-0.2, -0.15) is 0 Å². The number of ether oxygens (including phenoxy) is 2. The van der Waals surface area contributed by atoms with Gasteiger partial charge in [-0.05, 0) is 70.0 Å².